The third-order valence-corrected chi connectivity index (χ3v) is 3.17. The van der Waals surface area contributed by atoms with Gasteiger partial charge in [-0.05, 0) is 24.6 Å². The SMILES string of the molecule is CCN(Cc1occc1C(=O)OC)CC(C)(C)CN. The average molecular weight is 268 g/mol. The van der Waals surface area contributed by atoms with Crippen molar-refractivity contribution in [2.45, 2.75) is 27.3 Å². The topological polar surface area (TPSA) is 68.7 Å². The van der Waals surface area contributed by atoms with Gasteiger partial charge >= 0.3 is 5.97 Å². The molecule has 0 saturated carbocycles. The fraction of sp³-hybridized carbons (Fsp3) is 0.643. The first kappa shape index (κ1) is 15.7. The van der Waals surface area contributed by atoms with E-state index in [1.807, 2.05) is 0 Å². The summed E-state index contributed by atoms with van der Waals surface area (Å²) in [5.74, 6) is 0.277. The number of ether oxygens (including phenoxy) is 1. The summed E-state index contributed by atoms with van der Waals surface area (Å²) in [6.45, 7) is 9.24. The summed E-state index contributed by atoms with van der Waals surface area (Å²) in [5.41, 5.74) is 6.29. The molecule has 0 amide bonds. The number of carbonyl (C=O) groups excluding carboxylic acids is 1. The number of nitrogens with zero attached hydrogens (tertiary/aromatic N) is 1. The van der Waals surface area contributed by atoms with Gasteiger partial charge in [0.25, 0.3) is 0 Å². The molecule has 0 fully saturated rings. The van der Waals surface area contributed by atoms with Crippen molar-refractivity contribution in [1.82, 2.24) is 4.90 Å². The van der Waals surface area contributed by atoms with Crippen molar-refractivity contribution in [3.8, 4) is 0 Å². The molecule has 0 spiro atoms. The molecule has 0 saturated heterocycles. The number of hydrogen-bond donors (Lipinski definition) is 1. The fourth-order valence-corrected chi connectivity index (χ4v) is 1.91. The molecule has 0 aromatic carbocycles. The van der Waals surface area contributed by atoms with Crippen LogP contribution >= 0.6 is 0 Å². The summed E-state index contributed by atoms with van der Waals surface area (Å²) < 4.78 is 10.1. The molecule has 0 bridgehead atoms. The Labute approximate surface area is 114 Å². The highest BCUT2D eigenvalue weighted by Gasteiger charge is 2.22. The Balaban J connectivity index is 2.76. The first-order valence-corrected chi connectivity index (χ1v) is 6.50. The Bertz CT molecular complexity index is 413. The summed E-state index contributed by atoms with van der Waals surface area (Å²) in [4.78, 5) is 13.8. The van der Waals surface area contributed by atoms with Crippen LogP contribution in [0.25, 0.3) is 0 Å². The van der Waals surface area contributed by atoms with Gasteiger partial charge in [-0.25, -0.2) is 4.79 Å². The van der Waals surface area contributed by atoms with Crippen molar-refractivity contribution >= 4 is 5.97 Å². The van der Waals surface area contributed by atoms with Crippen LogP contribution in [0.2, 0.25) is 0 Å². The minimum atomic E-state index is -0.363. The van der Waals surface area contributed by atoms with Crippen LogP contribution in [0, 0.1) is 5.41 Å². The van der Waals surface area contributed by atoms with Gasteiger partial charge < -0.3 is 14.9 Å². The molecule has 1 rings (SSSR count). The molecular formula is C14H24N2O3. The number of rotatable bonds is 7. The van der Waals surface area contributed by atoms with Crippen LogP contribution in [0.4, 0.5) is 0 Å². The molecule has 1 aromatic heterocycles. The second kappa shape index (κ2) is 6.73. The van der Waals surface area contributed by atoms with Gasteiger partial charge in [0.15, 0.2) is 0 Å². The maximum absolute atomic E-state index is 11.6. The molecule has 0 unspecified atom stereocenters. The van der Waals surface area contributed by atoms with E-state index < -0.39 is 0 Å². The summed E-state index contributed by atoms with van der Waals surface area (Å²) in [5, 5.41) is 0. The lowest BCUT2D eigenvalue weighted by Gasteiger charge is -2.30. The first-order valence-electron chi connectivity index (χ1n) is 6.50. The second-order valence-corrected chi connectivity index (χ2v) is 5.42. The van der Waals surface area contributed by atoms with Crippen LogP contribution in [0.1, 0.15) is 36.9 Å². The van der Waals surface area contributed by atoms with E-state index in [1.165, 1.54) is 13.4 Å². The normalized spacial score (nSPS) is 11.9. The molecule has 0 atom stereocenters. The van der Waals surface area contributed by atoms with Crippen LogP contribution in [0.15, 0.2) is 16.7 Å². The van der Waals surface area contributed by atoms with Crippen LogP contribution in [0.5, 0.6) is 0 Å². The van der Waals surface area contributed by atoms with Crippen molar-refractivity contribution in [3.05, 3.63) is 23.7 Å². The van der Waals surface area contributed by atoms with Gasteiger partial charge in [0.1, 0.15) is 11.3 Å². The monoisotopic (exact) mass is 268 g/mol. The highest BCUT2D eigenvalue weighted by Crippen LogP contribution is 2.19. The van der Waals surface area contributed by atoms with E-state index in [1.54, 1.807) is 6.07 Å². The van der Waals surface area contributed by atoms with Gasteiger partial charge in [-0.3, -0.25) is 4.90 Å². The maximum atomic E-state index is 11.6. The van der Waals surface area contributed by atoms with Crippen LogP contribution < -0.4 is 5.73 Å². The van der Waals surface area contributed by atoms with Crippen molar-refractivity contribution in [3.63, 3.8) is 0 Å². The minimum Gasteiger partial charge on any atom is -0.467 e. The van der Waals surface area contributed by atoms with E-state index in [9.17, 15) is 4.79 Å². The number of nitrogens with two attached hydrogens (primary N) is 1. The lowest BCUT2D eigenvalue weighted by molar-refractivity contribution is 0.0595. The lowest BCUT2D eigenvalue weighted by atomic mass is 9.93. The van der Waals surface area contributed by atoms with E-state index in [0.717, 1.165) is 13.1 Å². The summed E-state index contributed by atoms with van der Waals surface area (Å²) >= 11 is 0. The van der Waals surface area contributed by atoms with Gasteiger partial charge in [0.2, 0.25) is 0 Å². The quantitative estimate of drug-likeness (QED) is 0.765. The molecule has 108 valence electrons. The number of furan rings is 1. The molecular weight excluding hydrogens is 244 g/mol. The predicted octanol–water partition coefficient (Wildman–Crippen LogP) is 1.87. The number of carbonyl (C=O) groups is 1. The van der Waals surface area contributed by atoms with E-state index in [2.05, 4.69) is 25.7 Å². The smallest absolute Gasteiger partial charge is 0.341 e. The lowest BCUT2D eigenvalue weighted by Crippen LogP contribution is -2.38. The van der Waals surface area contributed by atoms with Crippen LogP contribution in [0.3, 0.4) is 0 Å². The number of hydrogen-bond acceptors (Lipinski definition) is 5. The first-order chi connectivity index (χ1) is 8.93. The highest BCUT2D eigenvalue weighted by molar-refractivity contribution is 5.90. The third kappa shape index (κ3) is 4.36. The zero-order valence-electron chi connectivity index (χ0n) is 12.2. The standard InChI is InChI=1S/C14H24N2O3/c1-5-16(10-14(2,3)9-15)8-12-11(6-7-19-12)13(17)18-4/h6-7H,5,8-10,15H2,1-4H3. The Morgan fingerprint density at radius 1 is 1.53 bits per heavy atom. The zero-order valence-corrected chi connectivity index (χ0v) is 12.2. The predicted molar refractivity (Wildman–Crippen MR) is 73.8 cm³/mol. The van der Waals surface area contributed by atoms with Gasteiger partial charge in [0, 0.05) is 6.54 Å². The molecule has 19 heavy (non-hydrogen) atoms. The Morgan fingerprint density at radius 2 is 2.21 bits per heavy atom. The molecule has 0 aliphatic heterocycles. The summed E-state index contributed by atoms with van der Waals surface area (Å²) in [6, 6.07) is 1.64. The summed E-state index contributed by atoms with van der Waals surface area (Å²) in [6.07, 6.45) is 1.52. The van der Waals surface area contributed by atoms with Gasteiger partial charge in [-0.15, -0.1) is 0 Å². The number of methoxy groups -OCH3 is 1. The molecule has 2 N–H and O–H groups in total. The van der Waals surface area contributed by atoms with Crippen LogP contribution in [-0.4, -0.2) is 37.6 Å². The van der Waals surface area contributed by atoms with Crippen molar-refractivity contribution in [2.75, 3.05) is 26.7 Å². The Kier molecular flexibility index (Phi) is 5.57. The summed E-state index contributed by atoms with van der Waals surface area (Å²) in [7, 11) is 1.37. The largest absolute Gasteiger partial charge is 0.467 e. The molecule has 1 aromatic rings. The third-order valence-electron chi connectivity index (χ3n) is 3.17. The Morgan fingerprint density at radius 3 is 2.74 bits per heavy atom. The highest BCUT2D eigenvalue weighted by atomic mass is 16.5. The van der Waals surface area contributed by atoms with E-state index >= 15 is 0 Å². The maximum Gasteiger partial charge on any atom is 0.341 e. The molecule has 1 heterocycles. The van der Waals surface area contributed by atoms with E-state index in [4.69, 9.17) is 14.9 Å². The van der Waals surface area contributed by atoms with E-state index in [0.29, 0.717) is 24.4 Å². The van der Waals surface area contributed by atoms with Gasteiger partial charge in [-0.2, -0.15) is 0 Å². The Hall–Kier alpha value is -1.33. The van der Waals surface area contributed by atoms with Crippen molar-refractivity contribution in [1.29, 1.82) is 0 Å². The second-order valence-electron chi connectivity index (χ2n) is 5.42. The minimum absolute atomic E-state index is 0.0357. The molecule has 0 aliphatic carbocycles. The van der Waals surface area contributed by atoms with Crippen molar-refractivity contribution < 1.29 is 13.9 Å². The van der Waals surface area contributed by atoms with Crippen molar-refractivity contribution in [2.24, 2.45) is 11.1 Å². The fourth-order valence-electron chi connectivity index (χ4n) is 1.91. The average Bonchev–Trinajstić information content (AvgIpc) is 2.84. The van der Waals surface area contributed by atoms with Gasteiger partial charge in [0.05, 0.1) is 19.9 Å². The van der Waals surface area contributed by atoms with E-state index in [-0.39, 0.29) is 11.4 Å². The zero-order chi connectivity index (χ0) is 14.5. The molecule has 5 nitrogen and oxygen atoms in total. The number of esters is 1. The molecule has 0 aliphatic rings. The van der Waals surface area contributed by atoms with Crippen LogP contribution in [-0.2, 0) is 11.3 Å². The molecule has 5 heteroatoms. The molecule has 0 radical (unpaired) electrons. The van der Waals surface area contributed by atoms with Gasteiger partial charge in [-0.1, -0.05) is 20.8 Å².